The monoisotopic (exact) mass is 400 g/mol. The Morgan fingerprint density at radius 1 is 1.21 bits per heavy atom. The van der Waals surface area contributed by atoms with E-state index in [-0.39, 0.29) is 11.4 Å². The zero-order chi connectivity index (χ0) is 19.1. The Morgan fingerprint density at radius 2 is 2.14 bits per heavy atom. The Balaban J connectivity index is 1.21. The van der Waals surface area contributed by atoms with Crippen molar-refractivity contribution in [2.75, 3.05) is 19.6 Å². The first-order valence-corrected chi connectivity index (χ1v) is 10.2. The van der Waals surface area contributed by atoms with E-state index in [0.717, 1.165) is 73.6 Å². The number of nitrogens with zero attached hydrogens (tertiary/aromatic N) is 2. The summed E-state index contributed by atoms with van der Waals surface area (Å²) < 4.78 is 24.9. The minimum Gasteiger partial charge on any atom is -0.485 e. The Labute approximate surface area is 168 Å². The van der Waals surface area contributed by atoms with Gasteiger partial charge in [-0.1, -0.05) is 16.8 Å². The topological polar surface area (TPSA) is 38.5 Å². The van der Waals surface area contributed by atoms with Crippen LogP contribution in [0, 0.1) is 5.82 Å². The molecule has 1 atom stereocenters. The number of rotatable bonds is 4. The molecular weight excluding hydrogens is 379 g/mol. The highest BCUT2D eigenvalue weighted by molar-refractivity contribution is 6.30. The average Bonchev–Trinajstić information content (AvgIpc) is 3.22. The van der Waals surface area contributed by atoms with Gasteiger partial charge in [0.25, 0.3) is 0 Å². The van der Waals surface area contributed by atoms with Crippen molar-refractivity contribution < 1.29 is 13.7 Å². The van der Waals surface area contributed by atoms with Crippen molar-refractivity contribution in [1.82, 2.24) is 10.1 Å². The van der Waals surface area contributed by atoms with Gasteiger partial charge in [-0.2, -0.15) is 0 Å². The molecule has 28 heavy (non-hydrogen) atoms. The molecule has 0 aliphatic carbocycles. The fraction of sp³-hybridized carbons (Fsp3) is 0.409. The maximum absolute atomic E-state index is 13.3. The van der Waals surface area contributed by atoms with Crippen LogP contribution < -0.4 is 4.74 Å². The lowest BCUT2D eigenvalue weighted by Crippen LogP contribution is -2.51. The van der Waals surface area contributed by atoms with Gasteiger partial charge in [-0.3, -0.25) is 4.90 Å². The second-order valence-electron chi connectivity index (χ2n) is 7.97. The number of fused-ring (bicyclic) bond motifs is 2. The summed E-state index contributed by atoms with van der Waals surface area (Å²) in [7, 11) is 0. The molecule has 6 heteroatoms. The van der Waals surface area contributed by atoms with Crippen LogP contribution in [0.25, 0.3) is 11.0 Å². The number of hydrogen-bond acceptors (Lipinski definition) is 4. The fourth-order valence-electron chi connectivity index (χ4n) is 4.63. The molecule has 0 amide bonds. The molecule has 1 unspecified atom stereocenters. The summed E-state index contributed by atoms with van der Waals surface area (Å²) in [5.41, 5.74) is 2.52. The maximum atomic E-state index is 13.3. The molecule has 2 aliphatic heterocycles. The molecule has 0 radical (unpaired) electrons. The quantitative estimate of drug-likeness (QED) is 0.616. The number of halogens is 2. The number of ether oxygens (including phenoxy) is 1. The Bertz CT molecular complexity index is 1020. The van der Waals surface area contributed by atoms with Crippen LogP contribution in [0.2, 0.25) is 5.02 Å². The van der Waals surface area contributed by atoms with Crippen LogP contribution in [-0.4, -0.2) is 35.3 Å². The SMILES string of the molecule is Fc1ccc2c(CCCN3CCCC4(Cc5cc(Cl)ccc5O4)C3)noc2c1. The summed E-state index contributed by atoms with van der Waals surface area (Å²) >= 11 is 6.15. The van der Waals surface area contributed by atoms with Crippen molar-refractivity contribution in [3.8, 4) is 5.75 Å². The Hall–Kier alpha value is -2.11. The molecule has 2 aromatic carbocycles. The van der Waals surface area contributed by atoms with Gasteiger partial charge < -0.3 is 9.26 Å². The van der Waals surface area contributed by atoms with E-state index in [1.54, 1.807) is 6.07 Å². The van der Waals surface area contributed by atoms with E-state index in [4.69, 9.17) is 20.9 Å². The zero-order valence-corrected chi connectivity index (χ0v) is 16.3. The summed E-state index contributed by atoms with van der Waals surface area (Å²) in [5.74, 6) is 0.681. The van der Waals surface area contributed by atoms with Crippen molar-refractivity contribution in [3.05, 3.63) is 58.5 Å². The largest absolute Gasteiger partial charge is 0.485 e. The molecule has 0 bridgehead atoms. The number of aryl methyl sites for hydroxylation is 1. The minimum atomic E-state index is -0.298. The number of likely N-dealkylation sites (tertiary alicyclic amines) is 1. The molecule has 1 spiro atoms. The molecule has 1 fully saturated rings. The van der Waals surface area contributed by atoms with E-state index < -0.39 is 0 Å². The summed E-state index contributed by atoms with van der Waals surface area (Å²) in [6.45, 7) is 3.01. The second-order valence-corrected chi connectivity index (χ2v) is 8.40. The predicted molar refractivity (Wildman–Crippen MR) is 106 cm³/mol. The van der Waals surface area contributed by atoms with Crippen LogP contribution in [0.15, 0.2) is 40.9 Å². The van der Waals surface area contributed by atoms with Crippen LogP contribution >= 0.6 is 11.6 Å². The summed E-state index contributed by atoms with van der Waals surface area (Å²) in [4.78, 5) is 2.49. The standard InChI is InChI=1S/C22H22ClFN2O2/c23-16-4-7-20-15(11-16)13-22(27-20)8-2-10-26(14-22)9-1-3-19-18-6-5-17(24)12-21(18)28-25-19/h4-7,11-12H,1-3,8-10,13-14H2. The van der Waals surface area contributed by atoms with Gasteiger partial charge in [0.2, 0.25) is 0 Å². The normalized spacial score (nSPS) is 21.9. The number of hydrogen-bond donors (Lipinski definition) is 0. The first kappa shape index (κ1) is 18.0. The summed E-state index contributed by atoms with van der Waals surface area (Å²) in [5, 5.41) is 5.80. The van der Waals surface area contributed by atoms with Crippen molar-refractivity contribution in [2.45, 2.75) is 37.7 Å². The average molecular weight is 401 g/mol. The Morgan fingerprint density at radius 3 is 3.07 bits per heavy atom. The molecule has 2 aliphatic rings. The highest BCUT2D eigenvalue weighted by atomic mass is 35.5. The van der Waals surface area contributed by atoms with Gasteiger partial charge in [0, 0.05) is 29.4 Å². The number of benzene rings is 2. The summed E-state index contributed by atoms with van der Waals surface area (Å²) in [6.07, 6.45) is 4.94. The lowest BCUT2D eigenvalue weighted by Gasteiger charge is -2.39. The lowest BCUT2D eigenvalue weighted by atomic mass is 9.88. The molecule has 0 N–H and O–H groups in total. The van der Waals surface area contributed by atoms with Crippen LogP contribution in [0.1, 0.15) is 30.5 Å². The van der Waals surface area contributed by atoms with E-state index in [2.05, 4.69) is 10.1 Å². The van der Waals surface area contributed by atoms with Crippen LogP contribution in [-0.2, 0) is 12.8 Å². The molecule has 3 heterocycles. The van der Waals surface area contributed by atoms with Crippen molar-refractivity contribution in [3.63, 3.8) is 0 Å². The third-order valence-electron chi connectivity index (χ3n) is 5.88. The van der Waals surface area contributed by atoms with Gasteiger partial charge >= 0.3 is 0 Å². The van der Waals surface area contributed by atoms with Crippen LogP contribution in [0.3, 0.4) is 0 Å². The molecule has 1 saturated heterocycles. The molecular formula is C22H22ClFN2O2. The third kappa shape index (κ3) is 3.38. The van der Waals surface area contributed by atoms with Crippen LogP contribution in [0.5, 0.6) is 5.75 Å². The first-order valence-electron chi connectivity index (χ1n) is 9.84. The van der Waals surface area contributed by atoms with Crippen LogP contribution in [0.4, 0.5) is 4.39 Å². The fourth-order valence-corrected chi connectivity index (χ4v) is 4.82. The van der Waals surface area contributed by atoms with Gasteiger partial charge in [-0.15, -0.1) is 0 Å². The van der Waals surface area contributed by atoms with Gasteiger partial charge in [0.15, 0.2) is 5.58 Å². The minimum absolute atomic E-state index is 0.122. The third-order valence-corrected chi connectivity index (χ3v) is 6.11. The molecule has 4 nitrogen and oxygen atoms in total. The molecule has 5 rings (SSSR count). The van der Waals surface area contributed by atoms with Gasteiger partial charge in [0.05, 0.1) is 5.69 Å². The molecule has 146 valence electrons. The molecule has 1 aromatic heterocycles. The maximum Gasteiger partial charge on any atom is 0.170 e. The van der Waals surface area contributed by atoms with Gasteiger partial charge in [-0.05, 0) is 74.7 Å². The van der Waals surface area contributed by atoms with E-state index in [9.17, 15) is 4.39 Å². The zero-order valence-electron chi connectivity index (χ0n) is 15.6. The van der Waals surface area contributed by atoms with Crippen molar-refractivity contribution >= 4 is 22.6 Å². The Kier molecular flexibility index (Phi) is 4.52. The second kappa shape index (κ2) is 7.05. The van der Waals surface area contributed by atoms with E-state index in [1.807, 2.05) is 18.2 Å². The smallest absolute Gasteiger partial charge is 0.170 e. The van der Waals surface area contributed by atoms with Gasteiger partial charge in [0.1, 0.15) is 17.2 Å². The number of piperidine rings is 1. The number of aromatic nitrogens is 1. The van der Waals surface area contributed by atoms with E-state index in [0.29, 0.717) is 5.58 Å². The van der Waals surface area contributed by atoms with Crippen molar-refractivity contribution in [2.24, 2.45) is 0 Å². The summed E-state index contributed by atoms with van der Waals surface area (Å²) in [6, 6.07) is 10.5. The highest BCUT2D eigenvalue weighted by Crippen LogP contribution is 2.41. The lowest BCUT2D eigenvalue weighted by molar-refractivity contribution is 0.00799. The first-order chi connectivity index (χ1) is 13.6. The predicted octanol–water partition coefficient (Wildman–Crippen LogP) is 5.02. The highest BCUT2D eigenvalue weighted by Gasteiger charge is 2.42. The van der Waals surface area contributed by atoms with Gasteiger partial charge in [-0.25, -0.2) is 4.39 Å². The van der Waals surface area contributed by atoms with E-state index >= 15 is 0 Å². The molecule has 0 saturated carbocycles. The van der Waals surface area contributed by atoms with Crippen molar-refractivity contribution in [1.29, 1.82) is 0 Å². The van der Waals surface area contributed by atoms with E-state index in [1.165, 1.54) is 17.7 Å². The molecule has 3 aromatic rings.